The van der Waals surface area contributed by atoms with Gasteiger partial charge in [0.15, 0.2) is 0 Å². The lowest BCUT2D eigenvalue weighted by Crippen LogP contribution is -2.25. The molecule has 0 aromatic heterocycles. The van der Waals surface area contributed by atoms with Crippen molar-refractivity contribution in [1.29, 1.82) is 0 Å². The van der Waals surface area contributed by atoms with Gasteiger partial charge >= 0.3 is 0 Å². The average molecular weight is 149 g/mol. The number of fused-ring (bicyclic) bond motifs is 2. The van der Waals surface area contributed by atoms with Crippen molar-refractivity contribution in [2.24, 2.45) is 10.8 Å². The molecule has 0 spiro atoms. The van der Waals surface area contributed by atoms with E-state index in [2.05, 4.69) is 27.4 Å². The van der Waals surface area contributed by atoms with E-state index in [-0.39, 0.29) is 0 Å². The fourth-order valence-corrected chi connectivity index (χ4v) is 2.90. The SMILES string of the molecule is C=C1CC2(C)CC[C]1C2(C)C. The number of allylic oxidation sites excluding steroid dienone is 1. The molecule has 2 saturated carbocycles. The minimum atomic E-state index is 0.448. The molecule has 0 aliphatic heterocycles. The molecule has 2 bridgehead atoms. The summed E-state index contributed by atoms with van der Waals surface area (Å²) in [6.45, 7) is 11.3. The van der Waals surface area contributed by atoms with E-state index in [1.165, 1.54) is 24.8 Å². The van der Waals surface area contributed by atoms with Crippen LogP contribution in [0.5, 0.6) is 0 Å². The van der Waals surface area contributed by atoms with Gasteiger partial charge in [0, 0.05) is 5.92 Å². The fourth-order valence-electron chi connectivity index (χ4n) is 2.90. The molecule has 2 fully saturated rings. The Kier molecular flexibility index (Phi) is 1.16. The molecule has 0 saturated heterocycles. The van der Waals surface area contributed by atoms with Crippen LogP contribution in [0, 0.1) is 16.7 Å². The minimum Gasteiger partial charge on any atom is -0.0992 e. The predicted octanol–water partition coefficient (Wildman–Crippen LogP) is 3.35. The Morgan fingerprint density at radius 1 is 1.27 bits per heavy atom. The largest absolute Gasteiger partial charge is 0.0992 e. The second kappa shape index (κ2) is 1.73. The van der Waals surface area contributed by atoms with E-state index in [1.807, 2.05) is 0 Å². The molecule has 1 atom stereocenters. The van der Waals surface area contributed by atoms with Gasteiger partial charge in [-0.25, -0.2) is 0 Å². The average Bonchev–Trinajstić information content (AvgIpc) is 2.13. The number of rotatable bonds is 0. The van der Waals surface area contributed by atoms with Crippen LogP contribution < -0.4 is 0 Å². The lowest BCUT2D eigenvalue weighted by atomic mass is 9.71. The van der Waals surface area contributed by atoms with Gasteiger partial charge in [0.25, 0.3) is 0 Å². The molecule has 11 heavy (non-hydrogen) atoms. The molecule has 1 radical (unpaired) electrons. The monoisotopic (exact) mass is 149 g/mol. The lowest BCUT2D eigenvalue weighted by molar-refractivity contribution is 0.182. The molecule has 0 aromatic carbocycles. The fraction of sp³-hybridized carbons (Fsp3) is 0.727. The Balaban J connectivity index is 2.45. The van der Waals surface area contributed by atoms with Crippen molar-refractivity contribution < 1.29 is 0 Å². The van der Waals surface area contributed by atoms with Crippen LogP contribution in [0.4, 0.5) is 0 Å². The third-order valence-corrected chi connectivity index (χ3v) is 4.22. The van der Waals surface area contributed by atoms with Crippen LogP contribution in [0.25, 0.3) is 0 Å². The molecule has 61 valence electrons. The van der Waals surface area contributed by atoms with Crippen LogP contribution in [0.15, 0.2) is 12.2 Å². The van der Waals surface area contributed by atoms with E-state index < -0.39 is 0 Å². The highest BCUT2D eigenvalue weighted by molar-refractivity contribution is 5.40. The van der Waals surface area contributed by atoms with Gasteiger partial charge in [0.1, 0.15) is 0 Å². The summed E-state index contributed by atoms with van der Waals surface area (Å²) >= 11 is 0. The van der Waals surface area contributed by atoms with Crippen molar-refractivity contribution in [3.63, 3.8) is 0 Å². The molecule has 0 nitrogen and oxygen atoms in total. The Morgan fingerprint density at radius 3 is 2.09 bits per heavy atom. The van der Waals surface area contributed by atoms with Gasteiger partial charge < -0.3 is 0 Å². The highest BCUT2D eigenvalue weighted by Gasteiger charge is 2.57. The summed E-state index contributed by atoms with van der Waals surface area (Å²) in [5.74, 6) is 1.65. The first kappa shape index (κ1) is 7.39. The summed E-state index contributed by atoms with van der Waals surface area (Å²) in [7, 11) is 0. The van der Waals surface area contributed by atoms with Crippen LogP contribution in [-0.2, 0) is 0 Å². The van der Waals surface area contributed by atoms with Crippen LogP contribution in [0.2, 0.25) is 0 Å². The van der Waals surface area contributed by atoms with Gasteiger partial charge in [0.2, 0.25) is 0 Å². The Labute approximate surface area is 69.7 Å². The summed E-state index contributed by atoms with van der Waals surface area (Å²) in [6, 6.07) is 0. The topological polar surface area (TPSA) is 0 Å². The molecule has 0 aromatic rings. The minimum absolute atomic E-state index is 0.448. The summed E-state index contributed by atoms with van der Waals surface area (Å²) in [5.41, 5.74) is 2.42. The smallest absolute Gasteiger partial charge is 0.00648 e. The van der Waals surface area contributed by atoms with E-state index in [0.29, 0.717) is 10.8 Å². The maximum atomic E-state index is 4.14. The normalized spacial score (nSPS) is 41.9. The van der Waals surface area contributed by atoms with E-state index in [9.17, 15) is 0 Å². The van der Waals surface area contributed by atoms with Gasteiger partial charge in [-0.2, -0.15) is 0 Å². The van der Waals surface area contributed by atoms with Gasteiger partial charge in [-0.3, -0.25) is 0 Å². The molecule has 1 unspecified atom stereocenters. The molecule has 2 aliphatic rings. The Hall–Kier alpha value is -0.260. The first-order valence-electron chi connectivity index (χ1n) is 4.52. The van der Waals surface area contributed by atoms with Crippen LogP contribution in [0.1, 0.15) is 40.0 Å². The number of hydrogen-bond donors (Lipinski definition) is 0. The second-order valence-electron chi connectivity index (χ2n) is 4.94. The van der Waals surface area contributed by atoms with E-state index in [0.717, 1.165) is 0 Å². The molecule has 2 aliphatic carbocycles. The maximum absolute atomic E-state index is 4.14. The summed E-state index contributed by atoms with van der Waals surface area (Å²) in [6.07, 6.45) is 3.94. The zero-order chi connectivity index (χ0) is 8.28. The van der Waals surface area contributed by atoms with Crippen LogP contribution >= 0.6 is 0 Å². The van der Waals surface area contributed by atoms with Crippen molar-refractivity contribution in [3.05, 3.63) is 18.1 Å². The van der Waals surface area contributed by atoms with Crippen molar-refractivity contribution in [3.8, 4) is 0 Å². The maximum Gasteiger partial charge on any atom is 0.00648 e. The summed E-state index contributed by atoms with van der Waals surface area (Å²) in [5, 5.41) is 0. The van der Waals surface area contributed by atoms with E-state index in [4.69, 9.17) is 0 Å². The third kappa shape index (κ3) is 0.660. The predicted molar refractivity (Wildman–Crippen MR) is 48.1 cm³/mol. The summed E-state index contributed by atoms with van der Waals surface area (Å²) in [4.78, 5) is 0. The Morgan fingerprint density at radius 2 is 1.91 bits per heavy atom. The van der Waals surface area contributed by atoms with Gasteiger partial charge in [-0.05, 0) is 30.1 Å². The zero-order valence-corrected chi connectivity index (χ0v) is 7.83. The number of hydrogen-bond acceptors (Lipinski definition) is 0. The van der Waals surface area contributed by atoms with Crippen LogP contribution in [-0.4, -0.2) is 0 Å². The third-order valence-electron chi connectivity index (χ3n) is 4.22. The van der Waals surface area contributed by atoms with Gasteiger partial charge in [-0.15, -0.1) is 0 Å². The Bertz CT molecular complexity index is 209. The quantitative estimate of drug-likeness (QED) is 0.495. The zero-order valence-electron chi connectivity index (χ0n) is 7.83. The lowest BCUT2D eigenvalue weighted by Gasteiger charge is -2.33. The van der Waals surface area contributed by atoms with Crippen molar-refractivity contribution >= 4 is 0 Å². The van der Waals surface area contributed by atoms with Crippen molar-refractivity contribution in [2.75, 3.05) is 0 Å². The van der Waals surface area contributed by atoms with Gasteiger partial charge in [-0.1, -0.05) is 32.9 Å². The first-order valence-corrected chi connectivity index (χ1v) is 4.52. The molecular formula is C11H17. The standard InChI is InChI=1S/C11H17/c1-8-7-11(4)6-5-9(8)10(11,2)3/h1,5-7H2,2-4H3. The van der Waals surface area contributed by atoms with Crippen LogP contribution in [0.3, 0.4) is 0 Å². The van der Waals surface area contributed by atoms with E-state index in [1.54, 1.807) is 5.92 Å². The van der Waals surface area contributed by atoms with Crippen molar-refractivity contribution in [2.45, 2.75) is 40.0 Å². The first-order chi connectivity index (χ1) is 4.97. The molecular weight excluding hydrogens is 132 g/mol. The summed E-state index contributed by atoms with van der Waals surface area (Å²) < 4.78 is 0. The highest BCUT2D eigenvalue weighted by atomic mass is 14.6. The van der Waals surface area contributed by atoms with E-state index >= 15 is 0 Å². The molecule has 0 amide bonds. The molecule has 0 heterocycles. The van der Waals surface area contributed by atoms with Crippen molar-refractivity contribution in [1.82, 2.24) is 0 Å². The molecule has 0 heteroatoms. The highest BCUT2D eigenvalue weighted by Crippen LogP contribution is 2.68. The molecule has 0 N–H and O–H groups in total. The van der Waals surface area contributed by atoms with Gasteiger partial charge in [0.05, 0.1) is 0 Å². The second-order valence-corrected chi connectivity index (χ2v) is 4.94. The molecule has 2 rings (SSSR count).